The number of imide groups is 1. The molecule has 1 aliphatic heterocycles. The lowest BCUT2D eigenvalue weighted by atomic mass is 9.96. The molecule has 146 valence electrons. The molecule has 0 saturated heterocycles. The van der Waals surface area contributed by atoms with E-state index in [-0.39, 0.29) is 12.5 Å². The number of esters is 1. The van der Waals surface area contributed by atoms with Crippen LogP contribution < -0.4 is 20.1 Å². The highest BCUT2D eigenvalue weighted by Gasteiger charge is 2.18. The molecule has 1 saturated carbocycles. The maximum Gasteiger partial charge on any atom is 0.321 e. The van der Waals surface area contributed by atoms with Crippen molar-refractivity contribution in [3.8, 4) is 11.5 Å². The highest BCUT2D eigenvalue weighted by molar-refractivity contribution is 5.95. The number of nitrogens with one attached hydrogen (secondary N) is 2. The lowest BCUT2D eigenvalue weighted by Gasteiger charge is -2.22. The predicted molar refractivity (Wildman–Crippen MR) is 95.6 cm³/mol. The van der Waals surface area contributed by atoms with E-state index in [2.05, 4.69) is 10.6 Å². The minimum Gasteiger partial charge on any atom is -0.486 e. The van der Waals surface area contributed by atoms with E-state index in [1.54, 1.807) is 18.2 Å². The van der Waals surface area contributed by atoms with Crippen LogP contribution in [-0.2, 0) is 20.7 Å². The smallest absolute Gasteiger partial charge is 0.321 e. The van der Waals surface area contributed by atoms with Gasteiger partial charge in [0.15, 0.2) is 18.1 Å². The molecule has 2 N–H and O–H groups in total. The van der Waals surface area contributed by atoms with Crippen LogP contribution in [0.15, 0.2) is 18.2 Å². The first kappa shape index (κ1) is 19.0. The summed E-state index contributed by atoms with van der Waals surface area (Å²) in [5.41, 5.74) is 0.694. The Hall–Kier alpha value is -2.77. The van der Waals surface area contributed by atoms with E-state index in [1.165, 1.54) is 6.42 Å². The number of carbonyl (C=O) groups is 3. The third-order valence-corrected chi connectivity index (χ3v) is 4.51. The Morgan fingerprint density at radius 1 is 1.04 bits per heavy atom. The molecule has 2 aliphatic rings. The molecule has 1 aromatic rings. The minimum absolute atomic E-state index is 0.00180. The van der Waals surface area contributed by atoms with E-state index < -0.39 is 24.5 Å². The second-order valence-electron chi connectivity index (χ2n) is 6.67. The van der Waals surface area contributed by atoms with Gasteiger partial charge >= 0.3 is 12.0 Å². The van der Waals surface area contributed by atoms with Gasteiger partial charge < -0.3 is 19.5 Å². The highest BCUT2D eigenvalue weighted by atomic mass is 16.6. The molecule has 27 heavy (non-hydrogen) atoms. The molecule has 1 fully saturated rings. The second kappa shape index (κ2) is 9.25. The topological polar surface area (TPSA) is 103 Å². The third-order valence-electron chi connectivity index (χ3n) is 4.51. The highest BCUT2D eigenvalue weighted by Crippen LogP contribution is 2.30. The summed E-state index contributed by atoms with van der Waals surface area (Å²) in [4.78, 5) is 35.5. The van der Waals surface area contributed by atoms with Gasteiger partial charge in [-0.1, -0.05) is 25.3 Å². The van der Waals surface area contributed by atoms with Crippen molar-refractivity contribution in [3.63, 3.8) is 0 Å². The van der Waals surface area contributed by atoms with Gasteiger partial charge in [-0.15, -0.1) is 0 Å². The van der Waals surface area contributed by atoms with Crippen LogP contribution in [0.3, 0.4) is 0 Å². The fourth-order valence-corrected chi connectivity index (χ4v) is 3.19. The lowest BCUT2D eigenvalue weighted by molar-refractivity contribution is -0.147. The molecule has 1 heterocycles. The molecule has 3 rings (SSSR count). The van der Waals surface area contributed by atoms with Crippen LogP contribution in [0.1, 0.15) is 37.7 Å². The molecular formula is C19H24N2O6. The van der Waals surface area contributed by atoms with Crippen LogP contribution in [0, 0.1) is 0 Å². The fraction of sp³-hybridized carbons (Fsp3) is 0.526. The second-order valence-corrected chi connectivity index (χ2v) is 6.67. The molecule has 0 radical (unpaired) electrons. The first-order chi connectivity index (χ1) is 13.1. The average molecular weight is 376 g/mol. The van der Waals surface area contributed by atoms with Crippen LogP contribution >= 0.6 is 0 Å². The van der Waals surface area contributed by atoms with E-state index in [0.29, 0.717) is 30.3 Å². The van der Waals surface area contributed by atoms with Crippen LogP contribution in [0.5, 0.6) is 11.5 Å². The number of carbonyl (C=O) groups excluding carboxylic acids is 3. The summed E-state index contributed by atoms with van der Waals surface area (Å²) in [5, 5.41) is 4.95. The van der Waals surface area contributed by atoms with E-state index in [1.807, 2.05) is 0 Å². The zero-order chi connectivity index (χ0) is 19.1. The number of ether oxygens (including phenoxy) is 3. The Morgan fingerprint density at radius 2 is 1.78 bits per heavy atom. The number of hydrogen-bond acceptors (Lipinski definition) is 6. The number of urea groups is 1. The van der Waals surface area contributed by atoms with Gasteiger partial charge in [0, 0.05) is 6.04 Å². The van der Waals surface area contributed by atoms with Crippen LogP contribution in [0.25, 0.3) is 0 Å². The Morgan fingerprint density at radius 3 is 2.56 bits per heavy atom. The minimum atomic E-state index is -0.654. The number of amides is 3. The van der Waals surface area contributed by atoms with Gasteiger partial charge in [-0.25, -0.2) is 4.79 Å². The monoisotopic (exact) mass is 376 g/mol. The molecule has 1 aromatic carbocycles. The standard InChI is InChI=1S/C19H24N2O6/c22-17(21-19(24)20-14-4-2-1-3-5-14)12-27-18(23)11-13-6-7-15-16(10-13)26-9-8-25-15/h6-7,10,14H,1-5,8-9,11-12H2,(H2,20,21,22,24). The Labute approximate surface area is 157 Å². The Bertz CT molecular complexity index is 699. The van der Waals surface area contributed by atoms with Crippen molar-refractivity contribution in [2.45, 2.75) is 44.6 Å². The lowest BCUT2D eigenvalue weighted by Crippen LogP contribution is -2.46. The van der Waals surface area contributed by atoms with Gasteiger partial charge in [0.05, 0.1) is 6.42 Å². The van der Waals surface area contributed by atoms with Gasteiger partial charge in [-0.05, 0) is 30.5 Å². The van der Waals surface area contributed by atoms with Crippen LogP contribution in [0.2, 0.25) is 0 Å². The maximum atomic E-state index is 11.9. The van der Waals surface area contributed by atoms with Crippen LogP contribution in [0.4, 0.5) is 4.79 Å². The van der Waals surface area contributed by atoms with Crippen molar-refractivity contribution < 1.29 is 28.6 Å². The van der Waals surface area contributed by atoms with Gasteiger partial charge in [0.2, 0.25) is 0 Å². The van der Waals surface area contributed by atoms with Gasteiger partial charge in [-0.2, -0.15) is 0 Å². The Kier molecular flexibility index (Phi) is 6.51. The number of rotatable bonds is 5. The first-order valence-electron chi connectivity index (χ1n) is 9.24. The van der Waals surface area contributed by atoms with Crippen molar-refractivity contribution in [1.82, 2.24) is 10.6 Å². The zero-order valence-corrected chi connectivity index (χ0v) is 15.1. The largest absolute Gasteiger partial charge is 0.486 e. The zero-order valence-electron chi connectivity index (χ0n) is 15.1. The molecule has 0 unspecified atom stereocenters. The third kappa shape index (κ3) is 5.87. The number of fused-ring (bicyclic) bond motifs is 1. The van der Waals surface area contributed by atoms with Gasteiger partial charge in [0.25, 0.3) is 5.91 Å². The molecular weight excluding hydrogens is 352 g/mol. The summed E-state index contributed by atoms with van der Waals surface area (Å²) in [6.45, 7) is 0.462. The molecule has 0 bridgehead atoms. The first-order valence-corrected chi connectivity index (χ1v) is 9.24. The Balaban J connectivity index is 1.38. The summed E-state index contributed by atoms with van der Waals surface area (Å²) >= 11 is 0. The number of hydrogen-bond donors (Lipinski definition) is 2. The molecule has 3 amide bonds. The van der Waals surface area contributed by atoms with E-state index >= 15 is 0 Å². The van der Waals surface area contributed by atoms with Crippen molar-refractivity contribution in [2.75, 3.05) is 19.8 Å². The summed E-state index contributed by atoms with van der Waals surface area (Å²) in [5.74, 6) is 0.0127. The number of benzene rings is 1. The summed E-state index contributed by atoms with van der Waals surface area (Å²) in [6.07, 6.45) is 5.18. The molecule has 0 atom stereocenters. The van der Waals surface area contributed by atoms with E-state index in [9.17, 15) is 14.4 Å². The molecule has 8 heteroatoms. The fourth-order valence-electron chi connectivity index (χ4n) is 3.19. The summed E-state index contributed by atoms with van der Waals surface area (Å²) in [7, 11) is 0. The predicted octanol–water partition coefficient (Wildman–Crippen LogP) is 1.70. The quantitative estimate of drug-likeness (QED) is 0.759. The summed E-state index contributed by atoms with van der Waals surface area (Å²) in [6, 6.07) is 4.75. The molecule has 0 aromatic heterocycles. The molecule has 8 nitrogen and oxygen atoms in total. The summed E-state index contributed by atoms with van der Waals surface area (Å²) < 4.78 is 15.8. The van der Waals surface area contributed by atoms with Crippen molar-refractivity contribution >= 4 is 17.9 Å². The van der Waals surface area contributed by atoms with E-state index in [4.69, 9.17) is 14.2 Å². The molecule has 0 spiro atoms. The van der Waals surface area contributed by atoms with Gasteiger partial charge in [-0.3, -0.25) is 14.9 Å². The van der Waals surface area contributed by atoms with Gasteiger partial charge in [0.1, 0.15) is 13.2 Å². The van der Waals surface area contributed by atoms with Crippen molar-refractivity contribution in [3.05, 3.63) is 23.8 Å². The van der Waals surface area contributed by atoms with Crippen molar-refractivity contribution in [1.29, 1.82) is 0 Å². The SMILES string of the molecule is O=C(COC(=O)Cc1ccc2c(c1)OCCO2)NC(=O)NC1CCCCC1. The normalized spacial score (nSPS) is 16.3. The molecule has 1 aliphatic carbocycles. The van der Waals surface area contributed by atoms with Crippen LogP contribution in [-0.4, -0.2) is 43.8 Å². The van der Waals surface area contributed by atoms with E-state index in [0.717, 1.165) is 25.7 Å². The van der Waals surface area contributed by atoms with Crippen molar-refractivity contribution in [2.24, 2.45) is 0 Å². The maximum absolute atomic E-state index is 11.9. The average Bonchev–Trinajstić information content (AvgIpc) is 2.67.